The second-order valence-electron chi connectivity index (χ2n) is 4.58. The van der Waals surface area contributed by atoms with Crippen molar-refractivity contribution in [1.82, 2.24) is 5.43 Å². The molecule has 4 N–H and O–H groups in total. The molecule has 0 spiro atoms. The van der Waals surface area contributed by atoms with Gasteiger partial charge in [-0.25, -0.2) is 5.84 Å². The van der Waals surface area contributed by atoms with E-state index in [4.69, 9.17) is 5.84 Å². The summed E-state index contributed by atoms with van der Waals surface area (Å²) in [6, 6.07) is 8.58. The van der Waals surface area contributed by atoms with Gasteiger partial charge in [0, 0.05) is 30.0 Å². The van der Waals surface area contributed by atoms with Gasteiger partial charge in [0.1, 0.15) is 0 Å². The van der Waals surface area contributed by atoms with E-state index >= 15 is 0 Å². The van der Waals surface area contributed by atoms with Gasteiger partial charge in [-0.2, -0.15) is 4.57 Å². The molecule has 2 amide bonds. The number of nitrogens with zero attached hydrogens (tertiary/aromatic N) is 2. The zero-order valence-electron chi connectivity index (χ0n) is 11.9. The molecule has 0 radical (unpaired) electrons. The molecule has 2 aromatic rings. The van der Waals surface area contributed by atoms with Crippen molar-refractivity contribution >= 4 is 23.2 Å². The van der Waals surface area contributed by atoms with Gasteiger partial charge in [0.2, 0.25) is 6.54 Å². The summed E-state index contributed by atoms with van der Waals surface area (Å²) in [5.74, 6) is 4.30. The molecule has 0 saturated carbocycles. The van der Waals surface area contributed by atoms with Crippen molar-refractivity contribution in [3.8, 4) is 0 Å². The first-order valence-corrected chi connectivity index (χ1v) is 6.54. The number of anilines is 1. The van der Waals surface area contributed by atoms with E-state index in [9.17, 15) is 19.7 Å². The molecule has 1 aromatic carbocycles. The second-order valence-corrected chi connectivity index (χ2v) is 4.58. The number of nitrogens with one attached hydrogen (secondary N) is 2. The Hall–Kier alpha value is -3.33. The Kier molecular flexibility index (Phi) is 4.95. The lowest BCUT2D eigenvalue weighted by Gasteiger charge is -2.03. The van der Waals surface area contributed by atoms with Crippen molar-refractivity contribution in [3.63, 3.8) is 0 Å². The topological polar surface area (TPSA) is 131 Å². The minimum Gasteiger partial charge on any atom is -0.321 e. The van der Waals surface area contributed by atoms with Crippen molar-refractivity contribution in [2.24, 2.45) is 5.84 Å². The molecule has 1 heterocycles. The van der Waals surface area contributed by atoms with E-state index in [1.165, 1.54) is 36.4 Å². The van der Waals surface area contributed by atoms with Crippen LogP contribution in [0, 0.1) is 10.1 Å². The number of carbonyl (C=O) groups excluding carboxylic acids is 2. The number of nitro benzene ring substituents is 1. The molecule has 0 fully saturated rings. The number of rotatable bonds is 5. The van der Waals surface area contributed by atoms with E-state index in [0.29, 0.717) is 11.3 Å². The standard InChI is InChI=1S/C14H13N5O4/c15-17-14(21)10-5-7-18(8-6-10)9-13(20)16-11-1-3-12(4-2-11)19(22)23/h1-8,15H,9H2,(H2,16,20,21)/p+1. The van der Waals surface area contributed by atoms with Crippen LogP contribution in [0.3, 0.4) is 0 Å². The molecule has 9 nitrogen and oxygen atoms in total. The number of benzene rings is 1. The molecule has 23 heavy (non-hydrogen) atoms. The van der Waals surface area contributed by atoms with Crippen LogP contribution in [0.5, 0.6) is 0 Å². The van der Waals surface area contributed by atoms with Crippen LogP contribution in [-0.2, 0) is 11.3 Å². The van der Waals surface area contributed by atoms with E-state index in [2.05, 4.69) is 5.32 Å². The lowest BCUT2D eigenvalue weighted by molar-refractivity contribution is -0.684. The maximum Gasteiger partial charge on any atom is 0.290 e. The van der Waals surface area contributed by atoms with E-state index in [1.807, 2.05) is 5.43 Å². The van der Waals surface area contributed by atoms with E-state index in [1.54, 1.807) is 17.0 Å². The van der Waals surface area contributed by atoms with Gasteiger partial charge in [0.15, 0.2) is 12.4 Å². The van der Waals surface area contributed by atoms with Crippen molar-refractivity contribution in [3.05, 3.63) is 64.5 Å². The summed E-state index contributed by atoms with van der Waals surface area (Å²) in [5.41, 5.74) is 2.79. The number of carbonyl (C=O) groups is 2. The molecule has 0 aliphatic rings. The molecule has 0 bridgehead atoms. The van der Waals surface area contributed by atoms with Gasteiger partial charge in [-0.05, 0) is 12.1 Å². The molecule has 0 saturated heterocycles. The van der Waals surface area contributed by atoms with E-state index < -0.39 is 10.8 Å². The number of pyridine rings is 1. The number of non-ortho nitro benzene ring substituents is 1. The van der Waals surface area contributed by atoms with Gasteiger partial charge >= 0.3 is 0 Å². The first-order chi connectivity index (χ1) is 11.0. The maximum absolute atomic E-state index is 11.9. The minimum atomic E-state index is -0.513. The van der Waals surface area contributed by atoms with Gasteiger partial charge in [-0.3, -0.25) is 25.1 Å². The maximum atomic E-state index is 11.9. The summed E-state index contributed by atoms with van der Waals surface area (Å²) >= 11 is 0. The number of hydrazine groups is 1. The largest absolute Gasteiger partial charge is 0.321 e. The van der Waals surface area contributed by atoms with Gasteiger partial charge < -0.3 is 5.32 Å². The van der Waals surface area contributed by atoms with Crippen LogP contribution in [-0.4, -0.2) is 16.7 Å². The van der Waals surface area contributed by atoms with Gasteiger partial charge in [-0.15, -0.1) is 0 Å². The summed E-state index contributed by atoms with van der Waals surface area (Å²) in [6.07, 6.45) is 3.14. The highest BCUT2D eigenvalue weighted by atomic mass is 16.6. The third-order valence-corrected chi connectivity index (χ3v) is 2.97. The van der Waals surface area contributed by atoms with Crippen molar-refractivity contribution in [2.45, 2.75) is 6.54 Å². The van der Waals surface area contributed by atoms with Gasteiger partial charge in [-0.1, -0.05) is 0 Å². The predicted molar refractivity (Wildman–Crippen MR) is 80.0 cm³/mol. The molecule has 118 valence electrons. The van der Waals surface area contributed by atoms with E-state index in [-0.39, 0.29) is 18.1 Å². The molecule has 0 aliphatic carbocycles. The van der Waals surface area contributed by atoms with Crippen LogP contribution >= 0.6 is 0 Å². The Bertz CT molecular complexity index is 728. The number of aromatic nitrogens is 1. The SMILES string of the molecule is NNC(=O)c1cc[n+](CC(=O)Nc2ccc([N+](=O)[O-])cc2)cc1. The minimum absolute atomic E-state index is 0.0293. The molecule has 0 atom stereocenters. The third kappa shape index (κ3) is 4.32. The Morgan fingerprint density at radius 1 is 1.13 bits per heavy atom. The third-order valence-electron chi connectivity index (χ3n) is 2.97. The monoisotopic (exact) mass is 316 g/mol. The summed E-state index contributed by atoms with van der Waals surface area (Å²) in [4.78, 5) is 33.2. The zero-order chi connectivity index (χ0) is 16.8. The number of nitrogens with two attached hydrogens (primary N) is 1. The molecule has 1 aromatic heterocycles. The molecular weight excluding hydrogens is 302 g/mol. The Labute approximate surface area is 130 Å². The molecule has 0 unspecified atom stereocenters. The summed E-state index contributed by atoms with van der Waals surface area (Å²) in [7, 11) is 0. The Morgan fingerprint density at radius 3 is 2.26 bits per heavy atom. The van der Waals surface area contributed by atoms with Crippen LogP contribution in [0.2, 0.25) is 0 Å². The number of hydrogen-bond acceptors (Lipinski definition) is 5. The highest BCUT2D eigenvalue weighted by molar-refractivity contribution is 5.93. The van der Waals surface area contributed by atoms with E-state index in [0.717, 1.165) is 0 Å². The van der Waals surface area contributed by atoms with Crippen LogP contribution in [0.1, 0.15) is 10.4 Å². The summed E-state index contributed by atoms with van der Waals surface area (Å²) in [6.45, 7) is 0.0293. The second kappa shape index (κ2) is 7.09. The Balaban J connectivity index is 1.96. The number of nitrogen functional groups attached to an aromatic ring is 1. The lowest BCUT2D eigenvalue weighted by Crippen LogP contribution is -2.40. The van der Waals surface area contributed by atoms with Crippen LogP contribution in [0.15, 0.2) is 48.8 Å². The fraction of sp³-hybridized carbons (Fsp3) is 0.0714. The zero-order valence-corrected chi connectivity index (χ0v) is 11.9. The van der Waals surface area contributed by atoms with Gasteiger partial charge in [0.05, 0.1) is 10.5 Å². The van der Waals surface area contributed by atoms with Crippen LogP contribution < -0.4 is 21.2 Å². The quantitative estimate of drug-likeness (QED) is 0.237. The highest BCUT2D eigenvalue weighted by Gasteiger charge is 2.12. The Morgan fingerprint density at radius 2 is 1.74 bits per heavy atom. The first-order valence-electron chi connectivity index (χ1n) is 6.54. The normalized spacial score (nSPS) is 9.96. The van der Waals surface area contributed by atoms with Crippen molar-refractivity contribution in [2.75, 3.05) is 5.32 Å². The molecule has 2 rings (SSSR count). The lowest BCUT2D eigenvalue weighted by atomic mass is 10.2. The number of hydrogen-bond donors (Lipinski definition) is 3. The van der Waals surface area contributed by atoms with Crippen LogP contribution in [0.4, 0.5) is 11.4 Å². The average molecular weight is 316 g/mol. The van der Waals surface area contributed by atoms with Crippen LogP contribution in [0.25, 0.3) is 0 Å². The molecule has 0 aliphatic heterocycles. The van der Waals surface area contributed by atoms with Crippen molar-refractivity contribution in [1.29, 1.82) is 0 Å². The summed E-state index contributed by atoms with van der Waals surface area (Å²) in [5, 5.41) is 13.2. The smallest absolute Gasteiger partial charge is 0.290 e. The average Bonchev–Trinajstić information content (AvgIpc) is 2.55. The predicted octanol–water partition coefficient (Wildman–Crippen LogP) is 0.124. The highest BCUT2D eigenvalue weighted by Crippen LogP contribution is 2.15. The van der Waals surface area contributed by atoms with Gasteiger partial charge in [0.25, 0.3) is 17.5 Å². The first kappa shape index (κ1) is 16.0. The number of nitro groups is 1. The molecule has 9 heteroatoms. The summed E-state index contributed by atoms with van der Waals surface area (Å²) < 4.78 is 1.58. The fourth-order valence-electron chi connectivity index (χ4n) is 1.83. The molecular formula is C14H14N5O4+. The fourth-order valence-corrected chi connectivity index (χ4v) is 1.83. The van der Waals surface area contributed by atoms with Crippen molar-refractivity contribution < 1.29 is 19.1 Å². The number of amides is 2.